The third-order valence-electron chi connectivity index (χ3n) is 5.74. The zero-order valence-corrected chi connectivity index (χ0v) is 16.9. The molecule has 0 fully saturated rings. The number of carbonyl (C=O) groups excluding carboxylic acids is 2. The van der Waals surface area contributed by atoms with Crippen molar-refractivity contribution in [3.05, 3.63) is 76.1 Å². The number of fused-ring (bicyclic) bond motifs is 2. The van der Waals surface area contributed by atoms with Gasteiger partial charge in [-0.15, -0.1) is 0 Å². The lowest BCUT2D eigenvalue weighted by atomic mass is 9.95. The average molecular weight is 429 g/mol. The molecule has 0 unspecified atom stereocenters. The van der Waals surface area contributed by atoms with E-state index in [1.807, 2.05) is 28.8 Å². The van der Waals surface area contributed by atoms with Crippen LogP contribution in [0.4, 0.5) is 5.69 Å². The lowest BCUT2D eigenvalue weighted by Gasteiger charge is -2.03. The molecule has 1 aliphatic heterocycles. The molecule has 4 N–H and O–H groups in total. The summed E-state index contributed by atoms with van der Waals surface area (Å²) in [7, 11) is 0. The Morgan fingerprint density at radius 3 is 2.50 bits per heavy atom. The Morgan fingerprint density at radius 1 is 1.00 bits per heavy atom. The smallest absolute Gasteiger partial charge is 0.271 e. The van der Waals surface area contributed by atoms with Crippen molar-refractivity contribution in [2.24, 2.45) is 5.73 Å². The van der Waals surface area contributed by atoms with Gasteiger partial charge < -0.3 is 15.3 Å². The fourth-order valence-corrected chi connectivity index (χ4v) is 4.29. The van der Waals surface area contributed by atoms with Crippen molar-refractivity contribution in [2.45, 2.75) is 13.0 Å². The Morgan fingerprint density at radius 2 is 1.75 bits per heavy atom. The van der Waals surface area contributed by atoms with Crippen LogP contribution in [-0.4, -0.2) is 32.8 Å². The number of nitro benzene ring substituents is 1. The molecule has 5 rings (SSSR count). The van der Waals surface area contributed by atoms with Gasteiger partial charge in [0.25, 0.3) is 17.5 Å². The van der Waals surface area contributed by atoms with E-state index in [-0.39, 0.29) is 16.8 Å². The Kier molecular flexibility index (Phi) is 4.60. The van der Waals surface area contributed by atoms with E-state index in [4.69, 9.17) is 5.73 Å². The lowest BCUT2D eigenvalue weighted by molar-refractivity contribution is -0.384. The monoisotopic (exact) mass is 429 g/mol. The van der Waals surface area contributed by atoms with Gasteiger partial charge in [0.2, 0.25) is 0 Å². The van der Waals surface area contributed by atoms with Crippen molar-refractivity contribution in [2.75, 3.05) is 6.54 Å². The number of benzene rings is 2. The van der Waals surface area contributed by atoms with E-state index in [0.29, 0.717) is 41.5 Å². The molecule has 32 heavy (non-hydrogen) atoms. The summed E-state index contributed by atoms with van der Waals surface area (Å²) in [6, 6.07) is 12.0. The molecule has 0 bridgehead atoms. The maximum atomic E-state index is 12.9. The summed E-state index contributed by atoms with van der Waals surface area (Å²) in [5.74, 6) is -0.967. The van der Waals surface area contributed by atoms with Gasteiger partial charge in [-0.3, -0.25) is 25.0 Å². The number of non-ortho nitro benzene ring substituents is 1. The summed E-state index contributed by atoms with van der Waals surface area (Å²) in [5, 5.41) is 15.2. The fraction of sp³-hybridized carbons (Fsp3) is 0.130. The van der Waals surface area contributed by atoms with Crippen molar-refractivity contribution >= 4 is 50.5 Å². The second-order valence-corrected chi connectivity index (χ2v) is 7.62. The number of aromatic amines is 1. The topological polar surface area (TPSA) is 136 Å². The third kappa shape index (κ3) is 2.98. The number of H-pyrrole nitrogens is 1. The number of para-hydroxylation sites is 1. The zero-order valence-electron chi connectivity index (χ0n) is 16.9. The quantitative estimate of drug-likeness (QED) is 0.246. The van der Waals surface area contributed by atoms with Crippen LogP contribution in [0, 0.1) is 10.1 Å². The standard InChI is InChI=1S/C23H19N5O4/c24-8-3-9-27-12-17(15-7-6-13(28(31)32)10-19(15)27)21-20(22(29)26-23(21)30)16-11-25-18-5-2-1-4-14(16)18/h1-2,4-7,10-12,25H,3,8-9,24H2,(H,26,29,30). The molecule has 0 saturated carbocycles. The van der Waals surface area contributed by atoms with Gasteiger partial charge in [0, 0.05) is 58.5 Å². The van der Waals surface area contributed by atoms with Gasteiger partial charge in [-0.2, -0.15) is 0 Å². The minimum atomic E-state index is -0.494. The summed E-state index contributed by atoms with van der Waals surface area (Å²) >= 11 is 0. The van der Waals surface area contributed by atoms with Crippen molar-refractivity contribution in [1.82, 2.24) is 14.9 Å². The largest absolute Gasteiger partial charge is 0.361 e. The van der Waals surface area contributed by atoms with Gasteiger partial charge >= 0.3 is 0 Å². The Hall–Kier alpha value is -4.24. The molecule has 2 aromatic heterocycles. The number of nitro groups is 1. The van der Waals surface area contributed by atoms with Crippen molar-refractivity contribution in [1.29, 1.82) is 0 Å². The van der Waals surface area contributed by atoms with Crippen LogP contribution in [0.3, 0.4) is 0 Å². The van der Waals surface area contributed by atoms with Gasteiger partial charge in [-0.05, 0) is 25.1 Å². The van der Waals surface area contributed by atoms with Crippen LogP contribution in [0.25, 0.3) is 33.0 Å². The van der Waals surface area contributed by atoms with Crippen LogP contribution >= 0.6 is 0 Å². The first-order valence-corrected chi connectivity index (χ1v) is 10.1. The van der Waals surface area contributed by atoms with E-state index >= 15 is 0 Å². The maximum absolute atomic E-state index is 12.9. The molecule has 0 aliphatic carbocycles. The number of nitrogens with one attached hydrogen (secondary N) is 2. The molecule has 4 aromatic rings. The van der Waals surface area contributed by atoms with Crippen LogP contribution in [-0.2, 0) is 16.1 Å². The SMILES string of the molecule is NCCCn1cc(C2=C(c3c[nH]c4ccccc34)C(=O)NC2=O)c2ccc([N+](=O)[O-])cc21. The van der Waals surface area contributed by atoms with E-state index in [9.17, 15) is 19.7 Å². The third-order valence-corrected chi connectivity index (χ3v) is 5.74. The predicted octanol–water partition coefficient (Wildman–Crippen LogP) is 2.95. The zero-order chi connectivity index (χ0) is 22.4. The summed E-state index contributed by atoms with van der Waals surface area (Å²) < 4.78 is 1.85. The van der Waals surface area contributed by atoms with E-state index in [0.717, 1.165) is 10.9 Å². The maximum Gasteiger partial charge on any atom is 0.271 e. The molecule has 2 aromatic carbocycles. The Labute approximate surface area is 181 Å². The number of amides is 2. The van der Waals surface area contributed by atoms with Gasteiger partial charge in [0.1, 0.15) is 0 Å². The number of aryl methyl sites for hydroxylation is 1. The number of nitrogens with zero attached hydrogens (tertiary/aromatic N) is 2. The summed E-state index contributed by atoms with van der Waals surface area (Å²) in [6.45, 7) is 0.978. The molecule has 3 heterocycles. The van der Waals surface area contributed by atoms with Crippen molar-refractivity contribution < 1.29 is 14.5 Å². The van der Waals surface area contributed by atoms with Crippen LogP contribution in [0.5, 0.6) is 0 Å². The second kappa shape index (κ2) is 7.47. The second-order valence-electron chi connectivity index (χ2n) is 7.62. The summed E-state index contributed by atoms with van der Waals surface area (Å²) in [5.41, 5.74) is 8.79. The van der Waals surface area contributed by atoms with Crippen LogP contribution in [0.2, 0.25) is 0 Å². The number of rotatable bonds is 6. The highest BCUT2D eigenvalue weighted by Gasteiger charge is 2.35. The lowest BCUT2D eigenvalue weighted by Crippen LogP contribution is -2.22. The molecule has 0 radical (unpaired) electrons. The van der Waals surface area contributed by atoms with Gasteiger partial charge in [0.05, 0.1) is 21.6 Å². The molecule has 2 amide bonds. The Bertz CT molecular complexity index is 1460. The van der Waals surface area contributed by atoms with E-state index in [1.165, 1.54) is 12.1 Å². The highest BCUT2D eigenvalue weighted by Crippen LogP contribution is 2.39. The molecule has 0 atom stereocenters. The van der Waals surface area contributed by atoms with Crippen LogP contribution in [0.1, 0.15) is 17.5 Å². The van der Waals surface area contributed by atoms with Gasteiger partial charge in [-0.25, -0.2) is 0 Å². The van der Waals surface area contributed by atoms with Crippen LogP contribution in [0.15, 0.2) is 54.9 Å². The highest BCUT2D eigenvalue weighted by molar-refractivity contribution is 6.50. The first-order valence-electron chi connectivity index (χ1n) is 10.1. The number of imide groups is 1. The molecule has 0 spiro atoms. The van der Waals surface area contributed by atoms with Gasteiger partial charge in [-0.1, -0.05) is 18.2 Å². The average Bonchev–Trinajstić information content (AvgIpc) is 3.44. The van der Waals surface area contributed by atoms with Crippen LogP contribution < -0.4 is 11.1 Å². The first-order chi connectivity index (χ1) is 15.5. The summed E-state index contributed by atoms with van der Waals surface area (Å²) in [6.07, 6.45) is 4.15. The fourth-order valence-electron chi connectivity index (χ4n) is 4.29. The summed E-state index contributed by atoms with van der Waals surface area (Å²) in [4.78, 5) is 39.8. The highest BCUT2D eigenvalue weighted by atomic mass is 16.6. The number of hydrogen-bond acceptors (Lipinski definition) is 5. The number of carbonyl (C=O) groups is 2. The first kappa shape index (κ1) is 19.7. The predicted molar refractivity (Wildman–Crippen MR) is 121 cm³/mol. The van der Waals surface area contributed by atoms with E-state index in [2.05, 4.69) is 10.3 Å². The van der Waals surface area contributed by atoms with Gasteiger partial charge in [0.15, 0.2) is 0 Å². The normalized spacial score (nSPS) is 14.0. The molecular formula is C23H19N5O4. The minimum Gasteiger partial charge on any atom is -0.361 e. The molecule has 9 heteroatoms. The minimum absolute atomic E-state index is 0.0473. The number of hydrogen-bond donors (Lipinski definition) is 3. The number of nitrogens with two attached hydrogens (primary N) is 1. The molecular weight excluding hydrogens is 410 g/mol. The molecule has 0 saturated heterocycles. The molecule has 160 valence electrons. The molecule has 1 aliphatic rings. The van der Waals surface area contributed by atoms with E-state index in [1.54, 1.807) is 18.5 Å². The molecule has 9 nitrogen and oxygen atoms in total. The van der Waals surface area contributed by atoms with E-state index < -0.39 is 16.7 Å². The Balaban J connectivity index is 1.79. The number of aromatic nitrogens is 2. The van der Waals surface area contributed by atoms with Crippen molar-refractivity contribution in [3.8, 4) is 0 Å². The van der Waals surface area contributed by atoms with Crippen molar-refractivity contribution in [3.63, 3.8) is 0 Å².